The van der Waals surface area contributed by atoms with Crippen molar-refractivity contribution in [3.8, 4) is 11.5 Å². The lowest BCUT2D eigenvalue weighted by molar-refractivity contribution is -0.384. The molecule has 0 bridgehead atoms. The zero-order valence-corrected chi connectivity index (χ0v) is 17.9. The average molecular weight is 495 g/mol. The molecule has 11 nitrogen and oxygen atoms in total. The molecule has 0 aromatic heterocycles. The predicted octanol–water partition coefficient (Wildman–Crippen LogP) is 2.04. The molecular weight excluding hydrogens is 476 g/mol. The van der Waals surface area contributed by atoms with E-state index in [1.54, 1.807) is 0 Å². The summed E-state index contributed by atoms with van der Waals surface area (Å²) in [5.41, 5.74) is 4.80. The van der Waals surface area contributed by atoms with Crippen LogP contribution in [0.3, 0.4) is 0 Å². The maximum Gasteiger partial charge on any atom is 0.269 e. The minimum absolute atomic E-state index is 0.0312. The first-order chi connectivity index (χ1) is 14.7. The van der Waals surface area contributed by atoms with Crippen LogP contribution in [0.5, 0.6) is 11.5 Å². The lowest BCUT2D eigenvalue weighted by Gasteiger charge is -2.10. The van der Waals surface area contributed by atoms with Crippen molar-refractivity contribution in [1.82, 2.24) is 16.2 Å². The molecule has 31 heavy (non-hydrogen) atoms. The van der Waals surface area contributed by atoms with Gasteiger partial charge in [0.15, 0.2) is 11.5 Å². The van der Waals surface area contributed by atoms with Gasteiger partial charge in [-0.15, -0.1) is 0 Å². The van der Waals surface area contributed by atoms with Gasteiger partial charge in [-0.05, 0) is 46.6 Å². The third-order valence-corrected chi connectivity index (χ3v) is 4.64. The first kappa shape index (κ1) is 23.6. The molecule has 0 fully saturated rings. The summed E-state index contributed by atoms with van der Waals surface area (Å²) in [5.74, 6) is -1.56. The number of nitrogens with one attached hydrogen (secondary N) is 3. The van der Waals surface area contributed by atoms with Crippen LogP contribution in [0.25, 0.3) is 0 Å². The normalized spacial score (nSPS) is 10.1. The summed E-state index contributed by atoms with van der Waals surface area (Å²) in [5, 5.41) is 23.0. The number of hydrogen-bond acceptors (Lipinski definition) is 7. The number of carbonyl (C=O) groups excluding carboxylic acids is 3. The van der Waals surface area contributed by atoms with E-state index in [9.17, 15) is 29.6 Å². The third-order valence-electron chi connectivity index (χ3n) is 4.03. The number of non-ortho nitro benzene ring substituents is 1. The largest absolute Gasteiger partial charge is 0.503 e. The number of nitro groups is 1. The molecule has 0 aliphatic heterocycles. The number of carbonyl (C=O) groups is 3. The molecule has 0 unspecified atom stereocenters. The molecule has 0 radical (unpaired) electrons. The highest BCUT2D eigenvalue weighted by Gasteiger charge is 2.14. The molecule has 4 N–H and O–H groups in total. The molecule has 12 heteroatoms. The summed E-state index contributed by atoms with van der Waals surface area (Å²) in [6, 6.07) is 7.82. The number of phenolic OH excluding ortho intramolecular Hbond substituents is 1. The van der Waals surface area contributed by atoms with Gasteiger partial charge in [0.2, 0.25) is 5.91 Å². The fourth-order valence-electron chi connectivity index (χ4n) is 2.41. The number of aromatic hydroxyl groups is 1. The third kappa shape index (κ3) is 6.67. The number of rotatable bonds is 8. The maximum absolute atomic E-state index is 12.1. The minimum Gasteiger partial charge on any atom is -0.503 e. The SMILES string of the molecule is COc1cc(C(=O)NNC(=O)CCCNC(=O)c2ccc([N+](=O)[O-])cc2)cc(Br)c1O. The number of nitrogens with zero attached hydrogens (tertiary/aromatic N) is 1. The quantitative estimate of drug-likeness (QED) is 0.248. The molecule has 164 valence electrons. The van der Waals surface area contributed by atoms with E-state index in [1.807, 2.05) is 0 Å². The zero-order chi connectivity index (χ0) is 23.0. The van der Waals surface area contributed by atoms with Gasteiger partial charge in [-0.25, -0.2) is 0 Å². The Labute approximate surface area is 185 Å². The fourth-order valence-corrected chi connectivity index (χ4v) is 2.85. The Balaban J connectivity index is 1.73. The van der Waals surface area contributed by atoms with Crippen molar-refractivity contribution in [2.45, 2.75) is 12.8 Å². The van der Waals surface area contributed by atoms with E-state index in [0.717, 1.165) is 0 Å². The number of amides is 3. The minimum atomic E-state index is -0.612. The number of hydrazine groups is 1. The number of methoxy groups -OCH3 is 1. The summed E-state index contributed by atoms with van der Waals surface area (Å²) < 4.78 is 5.22. The second-order valence-electron chi connectivity index (χ2n) is 6.17. The number of benzene rings is 2. The van der Waals surface area contributed by atoms with Crippen molar-refractivity contribution >= 4 is 39.3 Å². The van der Waals surface area contributed by atoms with Gasteiger partial charge in [0.05, 0.1) is 16.5 Å². The highest BCUT2D eigenvalue weighted by atomic mass is 79.9. The molecule has 0 aliphatic rings. The molecular formula is C19H19BrN4O7. The van der Waals surface area contributed by atoms with Crippen LogP contribution in [-0.4, -0.2) is 41.4 Å². The molecule has 2 rings (SSSR count). The van der Waals surface area contributed by atoms with E-state index >= 15 is 0 Å². The molecule has 0 aliphatic carbocycles. The smallest absolute Gasteiger partial charge is 0.269 e. The molecule has 0 atom stereocenters. The van der Waals surface area contributed by atoms with E-state index in [1.165, 1.54) is 43.5 Å². The monoisotopic (exact) mass is 494 g/mol. The Hall–Kier alpha value is -3.67. The molecule has 0 saturated heterocycles. The summed E-state index contributed by atoms with van der Waals surface area (Å²) in [6.45, 7) is 0.194. The van der Waals surface area contributed by atoms with E-state index in [-0.39, 0.29) is 45.8 Å². The second kappa shape index (κ2) is 10.9. The van der Waals surface area contributed by atoms with Crippen molar-refractivity contribution in [1.29, 1.82) is 0 Å². The van der Waals surface area contributed by atoms with Crippen molar-refractivity contribution in [3.63, 3.8) is 0 Å². The Morgan fingerprint density at radius 3 is 2.39 bits per heavy atom. The Morgan fingerprint density at radius 2 is 1.77 bits per heavy atom. The molecule has 3 amide bonds. The molecule has 0 saturated carbocycles. The Kier molecular flexibility index (Phi) is 8.32. The van der Waals surface area contributed by atoms with Gasteiger partial charge in [-0.3, -0.25) is 35.3 Å². The van der Waals surface area contributed by atoms with Gasteiger partial charge in [0.1, 0.15) is 0 Å². The summed E-state index contributed by atoms with van der Waals surface area (Å²) in [4.78, 5) is 46.0. The van der Waals surface area contributed by atoms with Crippen LogP contribution in [0.15, 0.2) is 40.9 Å². The Morgan fingerprint density at radius 1 is 1.10 bits per heavy atom. The fraction of sp³-hybridized carbons (Fsp3) is 0.211. The van der Waals surface area contributed by atoms with E-state index in [4.69, 9.17) is 4.74 Å². The highest BCUT2D eigenvalue weighted by molar-refractivity contribution is 9.10. The van der Waals surface area contributed by atoms with Gasteiger partial charge >= 0.3 is 0 Å². The molecule has 0 spiro atoms. The van der Waals surface area contributed by atoms with Crippen molar-refractivity contribution in [2.24, 2.45) is 0 Å². The lowest BCUT2D eigenvalue weighted by atomic mass is 10.2. The summed E-state index contributed by atoms with van der Waals surface area (Å²) >= 11 is 3.10. The van der Waals surface area contributed by atoms with Crippen LogP contribution in [0, 0.1) is 10.1 Å². The van der Waals surface area contributed by atoms with E-state index in [0.29, 0.717) is 6.42 Å². The average Bonchev–Trinajstić information content (AvgIpc) is 2.76. The topological polar surface area (TPSA) is 160 Å². The Bertz CT molecular complexity index is 995. The standard InChI is InChI=1S/C19H19BrN4O7/c1-31-15-10-12(9-14(20)17(15)26)19(28)23-22-16(25)3-2-8-21-18(27)11-4-6-13(7-5-11)24(29)30/h4-7,9-10,26H,2-3,8H2,1H3,(H,21,27)(H,22,25)(H,23,28). The first-order valence-corrected chi connectivity index (χ1v) is 9.70. The van der Waals surface area contributed by atoms with Crippen molar-refractivity contribution < 1.29 is 29.2 Å². The van der Waals surface area contributed by atoms with Crippen LogP contribution in [0.2, 0.25) is 0 Å². The van der Waals surface area contributed by atoms with E-state index in [2.05, 4.69) is 32.1 Å². The number of hydrogen-bond donors (Lipinski definition) is 4. The van der Waals surface area contributed by atoms with Crippen LogP contribution in [0.1, 0.15) is 33.6 Å². The summed E-state index contributed by atoms with van der Waals surface area (Å²) in [7, 11) is 1.34. The number of halogens is 1. The zero-order valence-electron chi connectivity index (χ0n) is 16.3. The molecule has 0 heterocycles. The maximum atomic E-state index is 12.1. The summed E-state index contributed by atoms with van der Waals surface area (Å²) in [6.07, 6.45) is 0.336. The number of phenols is 1. The number of ether oxygens (including phenoxy) is 1. The van der Waals surface area contributed by atoms with Crippen LogP contribution in [0.4, 0.5) is 5.69 Å². The van der Waals surface area contributed by atoms with E-state index < -0.39 is 22.6 Å². The first-order valence-electron chi connectivity index (χ1n) is 8.91. The van der Waals surface area contributed by atoms with Gasteiger partial charge in [0, 0.05) is 36.2 Å². The highest BCUT2D eigenvalue weighted by Crippen LogP contribution is 2.35. The lowest BCUT2D eigenvalue weighted by Crippen LogP contribution is -2.41. The number of nitro benzene ring substituents is 1. The van der Waals surface area contributed by atoms with Crippen molar-refractivity contribution in [3.05, 3.63) is 62.1 Å². The van der Waals surface area contributed by atoms with Gasteiger partial charge < -0.3 is 15.2 Å². The van der Waals surface area contributed by atoms with Gasteiger partial charge in [-0.2, -0.15) is 0 Å². The van der Waals surface area contributed by atoms with Crippen molar-refractivity contribution in [2.75, 3.05) is 13.7 Å². The van der Waals surface area contributed by atoms with Gasteiger partial charge in [0.25, 0.3) is 17.5 Å². The van der Waals surface area contributed by atoms with Crippen LogP contribution < -0.4 is 20.9 Å². The second-order valence-corrected chi connectivity index (χ2v) is 7.03. The molecule has 2 aromatic rings. The van der Waals surface area contributed by atoms with Crippen LogP contribution in [-0.2, 0) is 4.79 Å². The van der Waals surface area contributed by atoms with Crippen LogP contribution >= 0.6 is 15.9 Å². The molecule has 2 aromatic carbocycles. The van der Waals surface area contributed by atoms with Gasteiger partial charge in [-0.1, -0.05) is 0 Å². The predicted molar refractivity (Wildman–Crippen MR) is 113 cm³/mol.